The molecule has 0 saturated carbocycles. The third-order valence-corrected chi connectivity index (χ3v) is 17.5. The first-order valence-electron chi connectivity index (χ1n) is 26.6. The van der Waals surface area contributed by atoms with Gasteiger partial charge in [0.1, 0.15) is 22.9 Å². The first-order valence-corrected chi connectivity index (χ1v) is 29.2. The van der Waals surface area contributed by atoms with E-state index in [4.69, 9.17) is 10.5 Å². The largest absolute Gasteiger partial charge is 0.494 e. The molecule has 1 aromatic carbocycles. The predicted molar refractivity (Wildman–Crippen MR) is 286 cm³/mol. The molecule has 4 aliphatic rings. The summed E-state index contributed by atoms with van der Waals surface area (Å²) in [7, 11) is -2.34. The number of carbonyl (C=O) groups is 11. The fraction of sp³-hybridized carbons (Fsp3) is 0.635. The van der Waals surface area contributed by atoms with Gasteiger partial charge < -0.3 is 62.3 Å². The number of nitrogens with zero attached hydrogens (tertiary/aromatic N) is 2. The van der Waals surface area contributed by atoms with Crippen molar-refractivity contribution in [3.63, 3.8) is 0 Å². The lowest BCUT2D eigenvalue weighted by Crippen LogP contribution is -2.56. The number of aliphatic hydroxyl groups excluding tert-OH is 3. The molecular weight excluding hydrogens is 1070 g/mol. The maximum absolute atomic E-state index is 15.1. The number of hydrogen-bond donors (Lipinski definition) is 10. The molecule has 5 heterocycles. The topological polar surface area (TPSA) is 383 Å². The van der Waals surface area contributed by atoms with Crippen molar-refractivity contribution in [2.45, 2.75) is 138 Å². The number of ether oxygens (including phenoxy) is 1. The summed E-state index contributed by atoms with van der Waals surface area (Å²) in [5.74, 6) is -13.7. The number of fused-ring (bicyclic) bond motifs is 5. The number of benzene rings is 1. The zero-order valence-corrected chi connectivity index (χ0v) is 46.4. The molecule has 1 aromatic heterocycles. The molecular formula is C52H73N9O16S2. The van der Waals surface area contributed by atoms with E-state index in [1.165, 1.54) is 23.6 Å². The monoisotopic (exact) mass is 1140 g/mol. The minimum atomic E-state index is -2.34. The summed E-state index contributed by atoms with van der Waals surface area (Å²) >= 11 is 1.35. The predicted octanol–water partition coefficient (Wildman–Crippen LogP) is -2.01. The lowest BCUT2D eigenvalue weighted by atomic mass is 9.85. The van der Waals surface area contributed by atoms with Crippen LogP contribution in [0.5, 0.6) is 5.75 Å². The van der Waals surface area contributed by atoms with E-state index in [9.17, 15) is 68.1 Å². The zero-order valence-electron chi connectivity index (χ0n) is 44.7. The number of nitrogens with one attached hydrogen (secondary N) is 6. The van der Waals surface area contributed by atoms with Crippen molar-refractivity contribution in [3.8, 4) is 5.75 Å². The molecule has 25 nitrogen and oxygen atoms in total. The van der Waals surface area contributed by atoms with E-state index < -0.39 is 181 Å². The van der Waals surface area contributed by atoms with Crippen molar-refractivity contribution in [3.05, 3.63) is 23.8 Å². The molecule has 79 heavy (non-hydrogen) atoms. The molecule has 434 valence electrons. The highest BCUT2D eigenvalue weighted by Crippen LogP contribution is 2.33. The van der Waals surface area contributed by atoms with Crippen molar-refractivity contribution in [2.24, 2.45) is 29.4 Å². The van der Waals surface area contributed by atoms with Gasteiger partial charge in [0.2, 0.25) is 53.2 Å². The highest BCUT2D eigenvalue weighted by molar-refractivity contribution is 8.00. The van der Waals surface area contributed by atoms with Crippen molar-refractivity contribution < 1.29 is 77.0 Å². The Morgan fingerprint density at radius 2 is 1.56 bits per heavy atom. The Morgan fingerprint density at radius 1 is 0.861 bits per heavy atom. The number of aromatic amines is 1. The van der Waals surface area contributed by atoms with Gasteiger partial charge >= 0.3 is 0 Å². The van der Waals surface area contributed by atoms with E-state index >= 15 is 4.21 Å². The third-order valence-electron chi connectivity index (χ3n) is 15.1. The average molecular weight is 1140 g/mol. The molecule has 11 N–H and O–H groups in total. The summed E-state index contributed by atoms with van der Waals surface area (Å²) in [4.78, 5) is 157. The van der Waals surface area contributed by atoms with Crippen LogP contribution in [0.3, 0.4) is 0 Å². The van der Waals surface area contributed by atoms with E-state index in [-0.39, 0.29) is 47.1 Å². The number of nitrogens with two attached hydrogens (primary N) is 1. The second kappa shape index (κ2) is 28.2. The number of carbonyl (C=O) groups excluding carboxylic acids is 11. The van der Waals surface area contributed by atoms with Crippen LogP contribution >= 0.6 is 11.8 Å². The van der Waals surface area contributed by atoms with Crippen LogP contribution in [0.25, 0.3) is 10.9 Å². The third kappa shape index (κ3) is 15.8. The van der Waals surface area contributed by atoms with Crippen LogP contribution in [-0.4, -0.2) is 192 Å². The summed E-state index contributed by atoms with van der Waals surface area (Å²) in [6.45, 7) is 2.58. The van der Waals surface area contributed by atoms with Gasteiger partial charge in [-0.25, -0.2) is 0 Å². The Kier molecular flexibility index (Phi) is 22.1. The first kappa shape index (κ1) is 61.9. The number of primary amides is 1. The molecule has 12 atom stereocenters. The van der Waals surface area contributed by atoms with Crippen LogP contribution in [-0.2, 0) is 70.0 Å². The molecule has 2 saturated heterocycles. The number of ketones is 2. The minimum absolute atomic E-state index is 0.0690. The Morgan fingerprint density at radius 3 is 2.23 bits per heavy atom. The van der Waals surface area contributed by atoms with Crippen LogP contribution in [0.4, 0.5) is 0 Å². The van der Waals surface area contributed by atoms with Gasteiger partial charge in [0.25, 0.3) is 0 Å². The maximum Gasteiger partial charge on any atom is 0.243 e. The molecule has 27 heteroatoms. The van der Waals surface area contributed by atoms with Gasteiger partial charge in [-0.3, -0.25) is 61.8 Å². The molecule has 2 aromatic rings. The fourth-order valence-electron chi connectivity index (χ4n) is 10.3. The second-order valence-corrected chi connectivity index (χ2v) is 23.3. The number of imide groups is 1. The summed E-state index contributed by atoms with van der Waals surface area (Å²) in [6.07, 6.45) is -0.977. The van der Waals surface area contributed by atoms with E-state index in [2.05, 4.69) is 31.6 Å². The molecule has 6 rings (SSSR count). The van der Waals surface area contributed by atoms with E-state index in [0.717, 1.165) is 11.3 Å². The zero-order chi connectivity index (χ0) is 57.8. The first-order chi connectivity index (χ1) is 37.5. The SMILES string of the molecule is CC[C@H](C)[C@@H]1NC(=O)CNC(=O)[C@H]2CC(=O)[C@H]([C@@H](C)[C@@H](O)CO)NC(=O)[C@@H]3C[C@@H](O)CN3C(=O)[C@H](CC(N)=O)CC(=O)[C@H](CS(=O)c3[nH]c4cc(OCCCCCCN5C(=O)CC(SC)C5=O)ccc4c3C2)NC(=O)CNC1=O. The summed E-state index contributed by atoms with van der Waals surface area (Å²) in [5.41, 5.74) is 6.12. The number of aliphatic hydroxyl groups is 3. The van der Waals surface area contributed by atoms with Crippen molar-refractivity contribution >= 4 is 98.2 Å². The smallest absolute Gasteiger partial charge is 0.243 e. The summed E-state index contributed by atoms with van der Waals surface area (Å²) in [6, 6.07) is -1.27. The Labute approximate surface area is 463 Å². The van der Waals surface area contributed by atoms with E-state index in [0.29, 0.717) is 48.9 Å². The lowest BCUT2D eigenvalue weighted by Gasteiger charge is -2.32. The number of hydrogen-bond acceptors (Lipinski definition) is 17. The van der Waals surface area contributed by atoms with Crippen molar-refractivity contribution in [1.82, 2.24) is 41.4 Å². The fourth-order valence-corrected chi connectivity index (χ4v) is 12.4. The number of aromatic nitrogens is 1. The molecule has 0 aliphatic carbocycles. The molecule has 2 bridgehead atoms. The van der Waals surface area contributed by atoms with Crippen LogP contribution in [0.15, 0.2) is 23.2 Å². The average Bonchev–Trinajstić information content (AvgIpc) is 4.15. The molecule has 9 amide bonds. The highest BCUT2D eigenvalue weighted by Gasteiger charge is 2.45. The minimum Gasteiger partial charge on any atom is -0.494 e. The number of unbranched alkanes of at least 4 members (excludes halogenated alkanes) is 3. The van der Waals surface area contributed by atoms with E-state index in [1.54, 1.807) is 38.3 Å². The Bertz CT molecular complexity index is 2690. The number of amides is 9. The highest BCUT2D eigenvalue weighted by atomic mass is 32.2. The number of thioether (sulfide) groups is 1. The van der Waals surface area contributed by atoms with Crippen molar-refractivity contribution in [2.75, 3.05) is 51.4 Å². The molecule has 2 fully saturated rings. The number of rotatable bonds is 16. The van der Waals surface area contributed by atoms with Crippen LogP contribution in [0.2, 0.25) is 0 Å². The van der Waals surface area contributed by atoms with Gasteiger partial charge in [-0.15, -0.1) is 0 Å². The summed E-state index contributed by atoms with van der Waals surface area (Å²) in [5, 5.41) is 44.4. The lowest BCUT2D eigenvalue weighted by molar-refractivity contribution is -0.145. The van der Waals surface area contributed by atoms with Gasteiger partial charge in [0, 0.05) is 68.5 Å². The van der Waals surface area contributed by atoms with Gasteiger partial charge in [-0.05, 0) is 49.1 Å². The van der Waals surface area contributed by atoms with Gasteiger partial charge in [-0.1, -0.05) is 40.0 Å². The van der Waals surface area contributed by atoms with Crippen LogP contribution < -0.4 is 37.1 Å². The molecule has 0 spiro atoms. The second-order valence-electron chi connectivity index (χ2n) is 20.8. The molecule has 0 radical (unpaired) electrons. The number of H-pyrrole nitrogens is 1. The Hall–Kier alpha value is -6.29. The van der Waals surface area contributed by atoms with Crippen LogP contribution in [0, 0.1) is 23.7 Å². The van der Waals surface area contributed by atoms with Crippen molar-refractivity contribution in [1.29, 1.82) is 0 Å². The van der Waals surface area contributed by atoms with Gasteiger partial charge in [-0.2, -0.15) is 11.8 Å². The normalized spacial score (nSPS) is 27.6. The van der Waals surface area contributed by atoms with Crippen LogP contribution in [0.1, 0.15) is 90.5 Å². The number of likely N-dealkylation sites (tertiary alicyclic amines) is 1. The number of Topliss-reactive ketones (excluding diaryl/α,β-unsaturated/α-hetero) is 2. The van der Waals surface area contributed by atoms with Gasteiger partial charge in [0.15, 0.2) is 11.6 Å². The Balaban J connectivity index is 1.42. The molecule has 2 unspecified atom stereocenters. The standard InChI is InChI=1S/C52H73N9O16S2/c1-5-26(2)45-49(73)55-21-42(68)56-35-25-79(76)50-33(32-11-10-31(19-34(32)57-50)77-13-9-7-6-8-12-60-44(70)20-40(78-4)52(60)75)14-28(47(71)54-22-43(69)58-45)15-38(65)46(27(3)39(66)24-62)59-48(72)36-18-30(63)23-61(36)51(74)29(16-37(35)64)17-41(53)67/h10-11,19,26-30,35-36,39-40,45-46,57,62-63,66H,5-9,12-18,20-25H2,1-4H3,(H2,53,67)(H,54,71)(H,55,73)(H,56,68)(H,58,69)(H,59,72)/t26-,27-,28+,29-,30+,35-,36-,39-,40?,45-,46-,79?/m0/s1. The van der Waals surface area contributed by atoms with Gasteiger partial charge in [0.05, 0.1) is 83.8 Å². The molecule has 4 aliphatic heterocycles. The summed E-state index contributed by atoms with van der Waals surface area (Å²) < 4.78 is 21.2. The maximum atomic E-state index is 15.1. The van der Waals surface area contributed by atoms with E-state index in [1.807, 2.05) is 0 Å². The quantitative estimate of drug-likeness (QED) is 0.0641.